The molecule has 0 bridgehead atoms. The fraction of sp³-hybridized carbons (Fsp3) is 1.00. The number of rotatable bonds is 7. The van der Waals surface area contributed by atoms with Crippen molar-refractivity contribution in [1.82, 2.24) is 10.2 Å². The average Bonchev–Trinajstić information content (AvgIpc) is 3.25. The van der Waals surface area contributed by atoms with Crippen molar-refractivity contribution in [2.45, 2.75) is 71.4 Å². The Morgan fingerprint density at radius 3 is 2.35 bits per heavy atom. The van der Waals surface area contributed by atoms with Crippen LogP contribution in [0.3, 0.4) is 0 Å². The zero-order valence-electron chi connectivity index (χ0n) is 13.8. The molecule has 3 saturated carbocycles. The van der Waals surface area contributed by atoms with Gasteiger partial charge in [0.05, 0.1) is 0 Å². The van der Waals surface area contributed by atoms with E-state index in [1.165, 1.54) is 51.6 Å². The first-order valence-electron chi connectivity index (χ1n) is 9.14. The highest BCUT2D eigenvalue weighted by Crippen LogP contribution is 2.39. The molecule has 116 valence electrons. The summed E-state index contributed by atoms with van der Waals surface area (Å²) in [4.78, 5) is 2.87. The number of hydrogen-bond acceptors (Lipinski definition) is 2. The molecule has 0 aliphatic heterocycles. The van der Waals surface area contributed by atoms with Crippen LogP contribution in [0.15, 0.2) is 0 Å². The number of nitrogens with zero attached hydrogens (tertiary/aromatic N) is 1. The lowest BCUT2D eigenvalue weighted by Crippen LogP contribution is -2.49. The van der Waals surface area contributed by atoms with Crippen molar-refractivity contribution in [3.05, 3.63) is 0 Å². The monoisotopic (exact) mass is 278 g/mol. The van der Waals surface area contributed by atoms with Crippen molar-refractivity contribution >= 4 is 0 Å². The molecule has 4 unspecified atom stereocenters. The Bertz CT molecular complexity index is 309. The highest BCUT2D eigenvalue weighted by molar-refractivity contribution is 4.94. The van der Waals surface area contributed by atoms with Crippen molar-refractivity contribution in [3.8, 4) is 0 Å². The smallest absolute Gasteiger partial charge is 0.0112 e. The van der Waals surface area contributed by atoms with Gasteiger partial charge in [0.1, 0.15) is 0 Å². The predicted octanol–water partition coefficient (Wildman–Crippen LogP) is 3.52. The van der Waals surface area contributed by atoms with E-state index in [1.54, 1.807) is 0 Å². The molecule has 0 spiro atoms. The summed E-state index contributed by atoms with van der Waals surface area (Å²) in [6.07, 6.45) is 8.76. The van der Waals surface area contributed by atoms with Gasteiger partial charge in [-0.25, -0.2) is 0 Å². The van der Waals surface area contributed by atoms with Crippen LogP contribution in [0.2, 0.25) is 0 Å². The van der Waals surface area contributed by atoms with E-state index in [0.717, 1.165) is 42.3 Å². The van der Waals surface area contributed by atoms with Crippen LogP contribution in [0.4, 0.5) is 0 Å². The van der Waals surface area contributed by atoms with E-state index < -0.39 is 0 Å². The summed E-state index contributed by atoms with van der Waals surface area (Å²) in [6.45, 7) is 11.1. The Labute approximate surface area is 125 Å². The molecule has 20 heavy (non-hydrogen) atoms. The van der Waals surface area contributed by atoms with Gasteiger partial charge < -0.3 is 5.32 Å². The van der Waals surface area contributed by atoms with Gasteiger partial charge in [-0.15, -0.1) is 0 Å². The molecule has 0 radical (unpaired) electrons. The largest absolute Gasteiger partial charge is 0.314 e. The topological polar surface area (TPSA) is 15.3 Å². The summed E-state index contributed by atoms with van der Waals surface area (Å²) < 4.78 is 0. The van der Waals surface area contributed by atoms with E-state index in [-0.39, 0.29) is 0 Å². The first kappa shape index (κ1) is 14.8. The molecule has 0 aromatic rings. The van der Waals surface area contributed by atoms with Crippen LogP contribution in [0.1, 0.15) is 59.3 Å². The van der Waals surface area contributed by atoms with E-state index in [9.17, 15) is 0 Å². The van der Waals surface area contributed by atoms with Crippen molar-refractivity contribution < 1.29 is 0 Å². The normalized spacial score (nSPS) is 38.4. The Balaban J connectivity index is 1.61. The predicted molar refractivity (Wildman–Crippen MR) is 85.8 cm³/mol. The first-order valence-corrected chi connectivity index (χ1v) is 9.14. The van der Waals surface area contributed by atoms with Crippen LogP contribution >= 0.6 is 0 Å². The molecule has 1 N–H and O–H groups in total. The van der Waals surface area contributed by atoms with E-state index in [4.69, 9.17) is 0 Å². The fourth-order valence-electron chi connectivity index (χ4n) is 4.43. The maximum Gasteiger partial charge on any atom is 0.0112 e. The van der Waals surface area contributed by atoms with Gasteiger partial charge in [0.2, 0.25) is 0 Å². The van der Waals surface area contributed by atoms with Crippen LogP contribution in [-0.4, -0.2) is 36.6 Å². The van der Waals surface area contributed by atoms with E-state index in [0.29, 0.717) is 0 Å². The van der Waals surface area contributed by atoms with Gasteiger partial charge in [-0.2, -0.15) is 0 Å². The van der Waals surface area contributed by atoms with E-state index in [2.05, 4.69) is 31.0 Å². The molecular weight excluding hydrogens is 244 g/mol. The van der Waals surface area contributed by atoms with Crippen LogP contribution in [0.25, 0.3) is 0 Å². The van der Waals surface area contributed by atoms with Gasteiger partial charge in [0.25, 0.3) is 0 Å². The number of nitrogens with one attached hydrogen (secondary N) is 1. The molecule has 0 amide bonds. The molecule has 2 heteroatoms. The molecule has 3 aliphatic rings. The van der Waals surface area contributed by atoms with Crippen LogP contribution < -0.4 is 5.32 Å². The lowest BCUT2D eigenvalue weighted by Gasteiger charge is -2.42. The molecule has 0 aromatic heterocycles. The van der Waals surface area contributed by atoms with Gasteiger partial charge in [-0.3, -0.25) is 4.90 Å². The molecule has 3 rings (SSSR count). The zero-order valence-corrected chi connectivity index (χ0v) is 13.8. The van der Waals surface area contributed by atoms with E-state index in [1.807, 2.05) is 0 Å². The zero-order chi connectivity index (χ0) is 14.1. The summed E-state index contributed by atoms with van der Waals surface area (Å²) in [7, 11) is 0. The second kappa shape index (κ2) is 6.36. The standard InChI is InChI=1S/C18H34N2/c1-4-19-18-10-13(2)9-14(3)17(18)12-20(16-7-8-16)11-15-5-6-15/h13-19H,4-12H2,1-3H3. The van der Waals surface area contributed by atoms with Gasteiger partial charge in [0.15, 0.2) is 0 Å². The van der Waals surface area contributed by atoms with Gasteiger partial charge in [-0.1, -0.05) is 20.8 Å². The third-order valence-electron chi connectivity index (χ3n) is 5.84. The summed E-state index contributed by atoms with van der Waals surface area (Å²) in [6, 6.07) is 1.71. The average molecular weight is 278 g/mol. The quantitative estimate of drug-likeness (QED) is 0.766. The maximum absolute atomic E-state index is 3.80. The summed E-state index contributed by atoms with van der Waals surface area (Å²) in [5, 5.41) is 3.80. The number of hydrogen-bond donors (Lipinski definition) is 1. The second-order valence-corrected chi connectivity index (χ2v) is 8.01. The molecule has 3 aliphatic carbocycles. The molecule has 4 atom stereocenters. The Morgan fingerprint density at radius 2 is 1.75 bits per heavy atom. The highest BCUT2D eigenvalue weighted by atomic mass is 15.2. The first-order chi connectivity index (χ1) is 9.67. The Kier molecular flexibility index (Phi) is 4.72. The Morgan fingerprint density at radius 1 is 1.00 bits per heavy atom. The van der Waals surface area contributed by atoms with Gasteiger partial charge >= 0.3 is 0 Å². The van der Waals surface area contributed by atoms with Crippen LogP contribution in [0, 0.1) is 23.7 Å². The molecular formula is C18H34N2. The summed E-state index contributed by atoms with van der Waals surface area (Å²) in [5.74, 6) is 3.72. The second-order valence-electron chi connectivity index (χ2n) is 8.01. The Hall–Kier alpha value is -0.0800. The van der Waals surface area contributed by atoms with Gasteiger partial charge in [0, 0.05) is 25.2 Å². The summed E-state index contributed by atoms with van der Waals surface area (Å²) >= 11 is 0. The van der Waals surface area contributed by atoms with Crippen molar-refractivity contribution in [3.63, 3.8) is 0 Å². The third-order valence-corrected chi connectivity index (χ3v) is 5.84. The van der Waals surface area contributed by atoms with E-state index >= 15 is 0 Å². The van der Waals surface area contributed by atoms with Gasteiger partial charge in [-0.05, 0) is 68.7 Å². The highest BCUT2D eigenvalue weighted by Gasteiger charge is 2.39. The minimum Gasteiger partial charge on any atom is -0.314 e. The minimum absolute atomic E-state index is 0.763. The molecule has 2 nitrogen and oxygen atoms in total. The van der Waals surface area contributed by atoms with Crippen molar-refractivity contribution in [2.75, 3.05) is 19.6 Å². The lowest BCUT2D eigenvalue weighted by atomic mass is 9.72. The molecule has 0 heterocycles. The third kappa shape index (κ3) is 3.76. The van der Waals surface area contributed by atoms with Crippen molar-refractivity contribution in [2.24, 2.45) is 23.7 Å². The van der Waals surface area contributed by atoms with Crippen LogP contribution in [0.5, 0.6) is 0 Å². The minimum atomic E-state index is 0.763. The van der Waals surface area contributed by atoms with Crippen LogP contribution in [-0.2, 0) is 0 Å². The maximum atomic E-state index is 3.80. The molecule has 0 saturated heterocycles. The SMILES string of the molecule is CCNC1CC(C)CC(C)C1CN(CC1CC1)C1CC1. The lowest BCUT2D eigenvalue weighted by molar-refractivity contribution is 0.0957. The molecule has 3 fully saturated rings. The fourth-order valence-corrected chi connectivity index (χ4v) is 4.43. The summed E-state index contributed by atoms with van der Waals surface area (Å²) in [5.41, 5.74) is 0. The van der Waals surface area contributed by atoms with Crippen molar-refractivity contribution in [1.29, 1.82) is 0 Å². The molecule has 0 aromatic carbocycles.